The molecule has 1 aliphatic heterocycles. The van der Waals surface area contributed by atoms with E-state index in [0.717, 1.165) is 37.8 Å². The van der Waals surface area contributed by atoms with Crippen LogP contribution in [-0.4, -0.2) is 81.3 Å². The van der Waals surface area contributed by atoms with Gasteiger partial charge in [-0.05, 0) is 57.7 Å². The van der Waals surface area contributed by atoms with Crippen molar-refractivity contribution in [2.24, 2.45) is 0 Å². The summed E-state index contributed by atoms with van der Waals surface area (Å²) in [5.74, 6) is 1.95. The van der Waals surface area contributed by atoms with Crippen LogP contribution >= 0.6 is 0 Å². The van der Waals surface area contributed by atoms with Gasteiger partial charge in [0.25, 0.3) is 12.9 Å². The number of imidazole rings is 1. The summed E-state index contributed by atoms with van der Waals surface area (Å²) >= 11 is 0. The first-order chi connectivity index (χ1) is 15.4. The van der Waals surface area contributed by atoms with Crippen molar-refractivity contribution in [2.45, 2.75) is 51.0 Å². The highest BCUT2D eigenvalue weighted by Crippen LogP contribution is 2.44. The van der Waals surface area contributed by atoms with Crippen LogP contribution in [0.15, 0.2) is 18.6 Å². The molecule has 10 nitrogen and oxygen atoms in total. The van der Waals surface area contributed by atoms with Crippen LogP contribution in [0, 0.1) is 6.92 Å². The average Bonchev–Trinajstić information content (AvgIpc) is 3.33. The summed E-state index contributed by atoms with van der Waals surface area (Å²) in [4.78, 5) is 35.2. The summed E-state index contributed by atoms with van der Waals surface area (Å²) in [6, 6.07) is 0. The molecule has 2 aromatic rings. The van der Waals surface area contributed by atoms with Gasteiger partial charge in [-0.2, -0.15) is 0 Å². The molecule has 0 amide bonds. The van der Waals surface area contributed by atoms with Gasteiger partial charge < -0.3 is 24.6 Å². The van der Waals surface area contributed by atoms with Crippen LogP contribution in [0.1, 0.15) is 42.8 Å². The van der Waals surface area contributed by atoms with Crippen molar-refractivity contribution in [3.8, 4) is 0 Å². The highest BCUT2D eigenvalue weighted by Gasteiger charge is 2.43. The van der Waals surface area contributed by atoms with Crippen LogP contribution < -0.4 is 4.90 Å². The quantitative estimate of drug-likeness (QED) is 0.662. The first-order valence-corrected chi connectivity index (χ1v) is 10.8. The molecule has 2 aliphatic rings. The first kappa shape index (κ1) is 25.3. The zero-order valence-electron chi connectivity index (χ0n) is 19.1. The molecule has 3 heterocycles. The van der Waals surface area contributed by atoms with Crippen LogP contribution in [0.2, 0.25) is 0 Å². The third-order valence-corrected chi connectivity index (χ3v) is 6.08. The largest absolute Gasteiger partial charge is 0.483 e. The van der Waals surface area contributed by atoms with Gasteiger partial charge in [0, 0.05) is 51.2 Å². The number of anilines is 1. The second-order valence-electron chi connectivity index (χ2n) is 8.33. The van der Waals surface area contributed by atoms with Gasteiger partial charge in [0.1, 0.15) is 5.82 Å². The fourth-order valence-electron chi connectivity index (χ4n) is 4.67. The Hall–Kier alpha value is -3.01. The van der Waals surface area contributed by atoms with Crippen molar-refractivity contribution in [3.05, 3.63) is 35.7 Å². The number of hydrogen-bond acceptors (Lipinski definition) is 7. The molecule has 1 aliphatic carbocycles. The van der Waals surface area contributed by atoms with Gasteiger partial charge >= 0.3 is 0 Å². The molecule has 32 heavy (non-hydrogen) atoms. The predicted molar refractivity (Wildman–Crippen MR) is 121 cm³/mol. The smallest absolute Gasteiger partial charge is 0.290 e. The summed E-state index contributed by atoms with van der Waals surface area (Å²) in [6.07, 6.45) is 12.1. The van der Waals surface area contributed by atoms with E-state index in [1.165, 1.54) is 43.5 Å². The van der Waals surface area contributed by atoms with E-state index in [1.807, 2.05) is 25.2 Å². The van der Waals surface area contributed by atoms with Gasteiger partial charge in [-0.1, -0.05) is 0 Å². The third-order valence-electron chi connectivity index (χ3n) is 6.08. The van der Waals surface area contributed by atoms with E-state index in [-0.39, 0.29) is 18.4 Å². The molecule has 0 bridgehead atoms. The standard InChI is InChI=1S/C20H30N6.2CH2O2/c1-16-21-9-13-26(16)12-5-11-25-10-4-7-20(15-25)8-6-17-14-22-19(24(2)3)23-18(17)20;2*2-1-3/h9,13-14H,4-8,10-12,15H2,1-3H3;2*1H,(H,2,3). The average molecular weight is 447 g/mol. The number of rotatable bonds is 5. The van der Waals surface area contributed by atoms with Crippen LogP contribution in [-0.2, 0) is 28.0 Å². The van der Waals surface area contributed by atoms with Crippen molar-refractivity contribution >= 4 is 18.9 Å². The Bertz CT molecular complexity index is 862. The van der Waals surface area contributed by atoms with E-state index in [9.17, 15) is 0 Å². The summed E-state index contributed by atoms with van der Waals surface area (Å²) in [5, 5.41) is 13.8. The Balaban J connectivity index is 0.000000547. The lowest BCUT2D eigenvalue weighted by Crippen LogP contribution is -2.45. The van der Waals surface area contributed by atoms with E-state index in [0.29, 0.717) is 0 Å². The number of carboxylic acid groups (broad SMARTS) is 2. The van der Waals surface area contributed by atoms with Gasteiger partial charge in [0.15, 0.2) is 0 Å². The topological polar surface area (TPSA) is 125 Å². The monoisotopic (exact) mass is 446 g/mol. The Labute approximate surface area is 188 Å². The summed E-state index contributed by atoms with van der Waals surface area (Å²) in [5.41, 5.74) is 2.93. The SMILES string of the molecule is Cc1nccn1CCCN1CCCC2(CCc3cnc(N(C)C)nc32)C1.O=CO.O=CO. The van der Waals surface area contributed by atoms with Crippen LogP contribution in [0.3, 0.4) is 0 Å². The molecule has 2 aromatic heterocycles. The van der Waals surface area contributed by atoms with Crippen molar-refractivity contribution in [2.75, 3.05) is 38.6 Å². The molecule has 176 valence electrons. The van der Waals surface area contributed by atoms with Crippen molar-refractivity contribution in [1.82, 2.24) is 24.4 Å². The number of hydrogen-bond donors (Lipinski definition) is 2. The normalized spacial score (nSPS) is 19.2. The van der Waals surface area contributed by atoms with Gasteiger partial charge in [0.2, 0.25) is 5.95 Å². The Morgan fingerprint density at radius 1 is 1.16 bits per heavy atom. The van der Waals surface area contributed by atoms with Gasteiger partial charge in [0.05, 0.1) is 5.69 Å². The number of likely N-dealkylation sites (tertiary alicyclic amines) is 1. The fraction of sp³-hybridized carbons (Fsp3) is 0.591. The predicted octanol–water partition coefficient (Wildman–Crippen LogP) is 1.82. The molecule has 4 rings (SSSR count). The minimum atomic E-state index is -0.250. The molecular weight excluding hydrogens is 412 g/mol. The minimum absolute atomic E-state index is 0.242. The van der Waals surface area contributed by atoms with Crippen LogP contribution in [0.4, 0.5) is 5.95 Å². The molecule has 1 saturated heterocycles. The Morgan fingerprint density at radius 3 is 2.50 bits per heavy atom. The lowest BCUT2D eigenvalue weighted by Gasteiger charge is -2.40. The maximum Gasteiger partial charge on any atom is 0.290 e. The maximum atomic E-state index is 8.36. The lowest BCUT2D eigenvalue weighted by atomic mass is 9.77. The van der Waals surface area contributed by atoms with E-state index >= 15 is 0 Å². The van der Waals surface area contributed by atoms with Crippen molar-refractivity contribution in [3.63, 3.8) is 0 Å². The summed E-state index contributed by atoms with van der Waals surface area (Å²) in [7, 11) is 4.04. The van der Waals surface area contributed by atoms with Crippen molar-refractivity contribution in [1.29, 1.82) is 0 Å². The molecule has 0 radical (unpaired) electrons. The molecule has 1 unspecified atom stereocenters. The first-order valence-electron chi connectivity index (χ1n) is 10.8. The maximum absolute atomic E-state index is 8.36. The molecule has 0 saturated carbocycles. The van der Waals surface area contributed by atoms with E-state index in [4.69, 9.17) is 24.8 Å². The lowest BCUT2D eigenvalue weighted by molar-refractivity contribution is -0.123. The number of nitrogens with zero attached hydrogens (tertiary/aromatic N) is 6. The van der Waals surface area contributed by atoms with Crippen LogP contribution in [0.5, 0.6) is 0 Å². The molecule has 1 fully saturated rings. The Morgan fingerprint density at radius 2 is 1.88 bits per heavy atom. The molecule has 2 N–H and O–H groups in total. The number of aromatic nitrogens is 4. The number of aryl methyl sites for hydroxylation is 3. The number of fused-ring (bicyclic) bond motifs is 2. The van der Waals surface area contributed by atoms with E-state index in [1.54, 1.807) is 0 Å². The number of piperidine rings is 1. The zero-order valence-corrected chi connectivity index (χ0v) is 19.1. The van der Waals surface area contributed by atoms with Crippen LogP contribution in [0.25, 0.3) is 0 Å². The van der Waals surface area contributed by atoms with E-state index in [2.05, 4.69) is 38.8 Å². The molecule has 10 heteroatoms. The summed E-state index contributed by atoms with van der Waals surface area (Å²) < 4.78 is 2.25. The number of carbonyl (C=O) groups is 2. The fourth-order valence-corrected chi connectivity index (χ4v) is 4.67. The van der Waals surface area contributed by atoms with Gasteiger partial charge in [-0.25, -0.2) is 15.0 Å². The third kappa shape index (κ3) is 6.25. The molecule has 1 atom stereocenters. The summed E-state index contributed by atoms with van der Waals surface area (Å²) in [6.45, 7) is 6.14. The highest BCUT2D eigenvalue weighted by atomic mass is 16.3. The van der Waals surface area contributed by atoms with Crippen molar-refractivity contribution < 1.29 is 19.8 Å². The molecule has 0 aromatic carbocycles. The van der Waals surface area contributed by atoms with E-state index < -0.39 is 0 Å². The Kier molecular flexibility index (Phi) is 9.58. The van der Waals surface area contributed by atoms with Gasteiger partial charge in [-0.3, -0.25) is 9.59 Å². The second-order valence-corrected chi connectivity index (χ2v) is 8.33. The second kappa shape index (κ2) is 12.1. The van der Waals surface area contributed by atoms with Gasteiger partial charge in [-0.15, -0.1) is 0 Å². The molecular formula is C22H34N6O4. The highest BCUT2D eigenvalue weighted by molar-refractivity contribution is 5.39. The minimum Gasteiger partial charge on any atom is -0.483 e. The zero-order chi connectivity index (χ0) is 23.6. The molecule has 1 spiro atoms.